The molecule has 0 radical (unpaired) electrons. The number of benzene rings is 1. The van der Waals surface area contributed by atoms with Gasteiger partial charge < -0.3 is 14.0 Å². The van der Waals surface area contributed by atoms with Gasteiger partial charge in [-0.05, 0) is 43.7 Å². The highest BCUT2D eigenvalue weighted by molar-refractivity contribution is 7.89. The third-order valence-corrected chi connectivity index (χ3v) is 6.83. The molecule has 3 aliphatic rings. The molecule has 0 N–H and O–H groups in total. The Bertz CT molecular complexity index is 561. The molecule has 1 aliphatic carbocycles. The summed E-state index contributed by atoms with van der Waals surface area (Å²) in [5.41, 5.74) is 0.445. The van der Waals surface area contributed by atoms with Crippen LogP contribution in [0.5, 0.6) is 11.5 Å². The van der Waals surface area contributed by atoms with Gasteiger partial charge >= 0.3 is 0 Å². The van der Waals surface area contributed by atoms with E-state index >= 15 is 0 Å². The molecule has 1 saturated carbocycles. The molecule has 1 spiro atoms. The SMILES string of the molecule is CC1CC2(CCC2)CN1[S+]([O-])c1ccc2c(c1)OCCCO2. The van der Waals surface area contributed by atoms with Gasteiger partial charge in [-0.1, -0.05) is 6.42 Å². The van der Waals surface area contributed by atoms with Gasteiger partial charge in [0.2, 0.25) is 0 Å². The standard InChI is InChI=1S/C17H23NO3S/c1-13-11-17(6-2-7-17)12-18(13)22(19)14-4-5-15-16(10-14)21-9-3-8-20-15/h4-5,10,13H,2-3,6-9,11-12H2,1H3. The molecular weight excluding hydrogens is 298 g/mol. The van der Waals surface area contributed by atoms with E-state index in [1.54, 1.807) is 0 Å². The predicted octanol–water partition coefficient (Wildman–Crippen LogP) is 3.14. The highest BCUT2D eigenvalue weighted by atomic mass is 32.2. The van der Waals surface area contributed by atoms with E-state index in [-0.39, 0.29) is 0 Å². The van der Waals surface area contributed by atoms with Gasteiger partial charge in [-0.3, -0.25) is 0 Å². The predicted molar refractivity (Wildman–Crippen MR) is 85.5 cm³/mol. The zero-order valence-corrected chi connectivity index (χ0v) is 13.9. The van der Waals surface area contributed by atoms with Gasteiger partial charge in [0.15, 0.2) is 16.4 Å². The molecule has 4 rings (SSSR count). The van der Waals surface area contributed by atoms with Crippen LogP contribution in [0.1, 0.15) is 39.0 Å². The lowest BCUT2D eigenvalue weighted by Crippen LogP contribution is -2.37. The number of hydrogen-bond donors (Lipinski definition) is 0. The molecule has 0 amide bonds. The van der Waals surface area contributed by atoms with Gasteiger partial charge in [-0.15, -0.1) is 4.31 Å². The second-order valence-corrected chi connectivity index (χ2v) is 8.33. The number of fused-ring (bicyclic) bond motifs is 1. The van der Waals surface area contributed by atoms with E-state index in [1.807, 2.05) is 18.2 Å². The smallest absolute Gasteiger partial charge is 0.178 e. The number of nitrogens with zero attached hydrogens (tertiary/aromatic N) is 1. The Morgan fingerprint density at radius 2 is 1.95 bits per heavy atom. The van der Waals surface area contributed by atoms with Crippen molar-refractivity contribution in [2.24, 2.45) is 5.41 Å². The summed E-state index contributed by atoms with van der Waals surface area (Å²) in [7, 11) is 0. The third-order valence-electron chi connectivity index (χ3n) is 5.26. The topological polar surface area (TPSA) is 44.8 Å². The molecule has 0 aromatic heterocycles. The van der Waals surface area contributed by atoms with Crippen LogP contribution in [0.25, 0.3) is 0 Å². The monoisotopic (exact) mass is 321 g/mol. The number of rotatable bonds is 2. The van der Waals surface area contributed by atoms with Crippen molar-refractivity contribution in [3.8, 4) is 11.5 Å². The molecule has 2 atom stereocenters. The summed E-state index contributed by atoms with van der Waals surface area (Å²) >= 11 is -1.11. The lowest BCUT2D eigenvalue weighted by atomic mass is 9.68. The van der Waals surface area contributed by atoms with Crippen LogP contribution in [0, 0.1) is 5.41 Å². The first-order valence-corrected chi connectivity index (χ1v) is 9.36. The summed E-state index contributed by atoms with van der Waals surface area (Å²) in [6.07, 6.45) is 6.00. The molecule has 1 aromatic carbocycles. The van der Waals surface area contributed by atoms with Crippen LogP contribution in [-0.4, -0.2) is 34.7 Å². The fourth-order valence-corrected chi connectivity index (χ4v) is 5.38. The Morgan fingerprint density at radius 1 is 1.18 bits per heavy atom. The van der Waals surface area contributed by atoms with E-state index in [0.717, 1.165) is 29.4 Å². The Balaban J connectivity index is 1.55. The van der Waals surface area contributed by atoms with E-state index in [4.69, 9.17) is 9.47 Å². The molecule has 22 heavy (non-hydrogen) atoms. The van der Waals surface area contributed by atoms with Gasteiger partial charge in [0.1, 0.15) is 0 Å². The Hall–Kier alpha value is -0.910. The zero-order valence-electron chi connectivity index (χ0n) is 13.0. The molecule has 120 valence electrons. The van der Waals surface area contributed by atoms with E-state index in [0.29, 0.717) is 24.7 Å². The van der Waals surface area contributed by atoms with E-state index in [1.165, 1.54) is 25.7 Å². The number of hydrogen-bond acceptors (Lipinski definition) is 4. The second kappa shape index (κ2) is 5.62. The van der Waals surface area contributed by atoms with Crippen LogP contribution in [0.4, 0.5) is 0 Å². The summed E-state index contributed by atoms with van der Waals surface area (Å²) in [4.78, 5) is 0.826. The van der Waals surface area contributed by atoms with Gasteiger partial charge in [-0.25, -0.2) is 0 Å². The second-order valence-electron chi connectivity index (χ2n) is 6.89. The molecule has 1 aromatic rings. The Kier molecular flexibility index (Phi) is 3.75. The van der Waals surface area contributed by atoms with E-state index < -0.39 is 11.4 Å². The molecule has 2 aliphatic heterocycles. The first-order valence-electron chi connectivity index (χ1n) is 8.25. The minimum absolute atomic E-state index is 0.386. The molecule has 2 heterocycles. The van der Waals surface area contributed by atoms with Gasteiger partial charge in [-0.2, -0.15) is 0 Å². The van der Waals surface area contributed by atoms with Crippen molar-refractivity contribution in [3.05, 3.63) is 18.2 Å². The van der Waals surface area contributed by atoms with Crippen molar-refractivity contribution >= 4 is 11.4 Å². The highest BCUT2D eigenvalue weighted by Gasteiger charge is 2.50. The lowest BCUT2D eigenvalue weighted by molar-refractivity contribution is 0.152. The summed E-state index contributed by atoms with van der Waals surface area (Å²) in [6, 6.07) is 6.10. The molecule has 0 bridgehead atoms. The fourth-order valence-electron chi connectivity index (χ4n) is 3.93. The first-order chi connectivity index (χ1) is 10.7. The normalized spacial score (nSPS) is 28.2. The fraction of sp³-hybridized carbons (Fsp3) is 0.647. The largest absolute Gasteiger partial charge is 0.593 e. The van der Waals surface area contributed by atoms with Crippen molar-refractivity contribution in [3.63, 3.8) is 0 Å². The average molecular weight is 321 g/mol. The average Bonchev–Trinajstić information content (AvgIpc) is 2.69. The van der Waals surface area contributed by atoms with Crippen molar-refractivity contribution in [1.82, 2.24) is 4.31 Å². The molecule has 5 heteroatoms. The van der Waals surface area contributed by atoms with E-state index in [9.17, 15) is 4.55 Å². The molecule has 1 saturated heterocycles. The van der Waals surface area contributed by atoms with E-state index in [2.05, 4.69) is 11.2 Å². The van der Waals surface area contributed by atoms with Crippen LogP contribution < -0.4 is 9.47 Å². The maximum Gasteiger partial charge on any atom is 0.178 e. The van der Waals surface area contributed by atoms with Crippen molar-refractivity contribution in [2.45, 2.75) is 50.0 Å². The van der Waals surface area contributed by atoms with Crippen molar-refractivity contribution in [2.75, 3.05) is 19.8 Å². The van der Waals surface area contributed by atoms with Crippen LogP contribution in [-0.2, 0) is 11.4 Å². The Labute approximate surface area is 135 Å². The summed E-state index contributed by atoms with van der Waals surface area (Å²) in [6.45, 7) is 4.51. The maximum atomic E-state index is 13.0. The molecule has 2 fully saturated rings. The van der Waals surface area contributed by atoms with Gasteiger partial charge in [0.25, 0.3) is 0 Å². The van der Waals surface area contributed by atoms with Gasteiger partial charge in [0, 0.05) is 12.5 Å². The van der Waals surface area contributed by atoms with Crippen molar-refractivity contribution < 1.29 is 14.0 Å². The van der Waals surface area contributed by atoms with Crippen molar-refractivity contribution in [1.29, 1.82) is 0 Å². The highest BCUT2D eigenvalue weighted by Crippen LogP contribution is 2.51. The first kappa shape index (κ1) is 14.7. The number of ether oxygens (including phenoxy) is 2. The van der Waals surface area contributed by atoms with Crippen LogP contribution in [0.3, 0.4) is 0 Å². The Morgan fingerprint density at radius 3 is 2.64 bits per heavy atom. The lowest BCUT2D eigenvalue weighted by Gasteiger charge is -2.37. The summed E-state index contributed by atoms with van der Waals surface area (Å²) in [5.74, 6) is 1.50. The summed E-state index contributed by atoms with van der Waals surface area (Å²) in [5, 5.41) is 0. The van der Waals surface area contributed by atoms with Crippen LogP contribution in [0.15, 0.2) is 23.1 Å². The van der Waals surface area contributed by atoms with Gasteiger partial charge in [0.05, 0.1) is 37.2 Å². The summed E-state index contributed by atoms with van der Waals surface area (Å²) < 4.78 is 26.5. The quantitative estimate of drug-likeness (QED) is 0.785. The minimum atomic E-state index is -1.11. The molecule has 2 unspecified atom stereocenters. The maximum absolute atomic E-state index is 13.0. The van der Waals surface area contributed by atoms with Crippen LogP contribution >= 0.6 is 0 Å². The molecular formula is C17H23NO3S. The minimum Gasteiger partial charge on any atom is -0.593 e. The third kappa shape index (κ3) is 2.49. The molecule has 4 nitrogen and oxygen atoms in total. The zero-order chi connectivity index (χ0) is 15.2. The van der Waals surface area contributed by atoms with Crippen LogP contribution in [0.2, 0.25) is 0 Å².